The Bertz CT molecular complexity index is 1070. The molecule has 2 aliphatic rings. The second-order valence-electron chi connectivity index (χ2n) is 7.94. The highest BCUT2D eigenvalue weighted by Crippen LogP contribution is 2.36. The van der Waals surface area contributed by atoms with Gasteiger partial charge in [0.1, 0.15) is 0 Å². The fourth-order valence-corrected chi connectivity index (χ4v) is 3.47. The van der Waals surface area contributed by atoms with Gasteiger partial charge in [0.2, 0.25) is 5.95 Å². The lowest BCUT2D eigenvalue weighted by molar-refractivity contribution is -0.193. The smallest absolute Gasteiger partial charge is 0.475 e. The van der Waals surface area contributed by atoms with E-state index in [4.69, 9.17) is 24.5 Å². The molecule has 0 saturated carbocycles. The molecule has 2 fully saturated rings. The van der Waals surface area contributed by atoms with Crippen LogP contribution in [0.15, 0.2) is 43.0 Å². The molecular weight excluding hydrogens is 532 g/mol. The summed E-state index contributed by atoms with van der Waals surface area (Å²) >= 11 is 0. The lowest BCUT2D eigenvalue weighted by Gasteiger charge is -2.23. The summed E-state index contributed by atoms with van der Waals surface area (Å²) in [6.45, 7) is 1.93. The van der Waals surface area contributed by atoms with Crippen LogP contribution in [-0.2, 0) is 14.3 Å². The number of nitrogens with zero attached hydrogens (tertiary/aromatic N) is 4. The van der Waals surface area contributed by atoms with Gasteiger partial charge in [0.25, 0.3) is 5.91 Å². The van der Waals surface area contributed by atoms with Gasteiger partial charge in [0.05, 0.1) is 30.4 Å². The van der Waals surface area contributed by atoms with Crippen LogP contribution < -0.4 is 5.32 Å². The number of aliphatic carboxylic acids is 2. The minimum atomic E-state index is -5.08. The highest BCUT2D eigenvalue weighted by atomic mass is 19.4. The minimum absolute atomic E-state index is 0.0198. The quantitative estimate of drug-likeness (QED) is 0.483. The Morgan fingerprint density at radius 3 is 2.08 bits per heavy atom. The monoisotopic (exact) mass is 553 g/mol. The Kier molecular flexibility index (Phi) is 9.92. The third-order valence-electron chi connectivity index (χ3n) is 5.11. The molecule has 208 valence electrons. The first kappa shape index (κ1) is 30.2. The predicted molar refractivity (Wildman–Crippen MR) is 115 cm³/mol. The molecule has 2 aromatic heterocycles. The molecular formula is C21H21F6N5O6. The molecule has 3 N–H and O–H groups in total. The molecule has 2 saturated heterocycles. The Morgan fingerprint density at radius 1 is 1.00 bits per heavy atom. The largest absolute Gasteiger partial charge is 0.490 e. The molecule has 4 rings (SSSR count). The number of hydrogen-bond donors (Lipinski definition) is 3. The number of carboxylic acid groups (broad SMARTS) is 2. The molecule has 11 nitrogen and oxygen atoms in total. The molecule has 0 bridgehead atoms. The Balaban J connectivity index is 0.000000301. The average Bonchev–Trinajstić information content (AvgIpc) is 3.45. The zero-order chi connectivity index (χ0) is 28.6. The number of carbonyl (C=O) groups is 3. The summed E-state index contributed by atoms with van der Waals surface area (Å²) in [7, 11) is 0. The van der Waals surface area contributed by atoms with Crippen molar-refractivity contribution in [3.05, 3.63) is 48.5 Å². The predicted octanol–water partition coefficient (Wildman–Crippen LogP) is 2.62. The number of hydrogen-bond acceptors (Lipinski definition) is 8. The number of amides is 1. The summed E-state index contributed by atoms with van der Waals surface area (Å²) in [5, 5.41) is 17.6. The molecule has 1 spiro atoms. The number of pyridine rings is 1. The van der Waals surface area contributed by atoms with Crippen molar-refractivity contribution in [2.45, 2.75) is 36.8 Å². The van der Waals surface area contributed by atoms with Gasteiger partial charge in [-0.25, -0.2) is 19.6 Å². The van der Waals surface area contributed by atoms with Crippen molar-refractivity contribution in [3.8, 4) is 0 Å². The van der Waals surface area contributed by atoms with Crippen molar-refractivity contribution >= 4 is 23.8 Å². The Morgan fingerprint density at radius 2 is 1.58 bits per heavy atom. The number of anilines is 1. The number of carboxylic acids is 2. The molecule has 0 radical (unpaired) electrons. The summed E-state index contributed by atoms with van der Waals surface area (Å²) in [4.78, 5) is 44.6. The topological polar surface area (TPSA) is 155 Å². The second kappa shape index (κ2) is 12.5. The van der Waals surface area contributed by atoms with Crippen LogP contribution >= 0.6 is 0 Å². The maximum Gasteiger partial charge on any atom is 0.490 e. The first-order chi connectivity index (χ1) is 17.6. The van der Waals surface area contributed by atoms with E-state index in [-0.39, 0.29) is 17.6 Å². The summed E-state index contributed by atoms with van der Waals surface area (Å²) < 4.78 is 69.5. The van der Waals surface area contributed by atoms with Gasteiger partial charge in [0, 0.05) is 37.8 Å². The first-order valence-electron chi connectivity index (χ1n) is 10.6. The van der Waals surface area contributed by atoms with Crippen molar-refractivity contribution in [2.24, 2.45) is 0 Å². The van der Waals surface area contributed by atoms with Gasteiger partial charge in [-0.15, -0.1) is 0 Å². The van der Waals surface area contributed by atoms with Crippen LogP contribution in [0.4, 0.5) is 32.3 Å². The number of rotatable bonds is 3. The van der Waals surface area contributed by atoms with Crippen LogP contribution in [-0.4, -0.2) is 91.6 Å². The molecule has 2 atom stereocenters. The third-order valence-corrected chi connectivity index (χ3v) is 5.11. The number of halogens is 6. The fourth-order valence-electron chi connectivity index (χ4n) is 3.47. The molecule has 2 aliphatic heterocycles. The maximum atomic E-state index is 12.6. The third kappa shape index (κ3) is 9.13. The molecule has 2 aromatic rings. The maximum absolute atomic E-state index is 12.6. The van der Waals surface area contributed by atoms with Crippen LogP contribution in [0.2, 0.25) is 0 Å². The minimum Gasteiger partial charge on any atom is -0.475 e. The van der Waals surface area contributed by atoms with E-state index < -0.39 is 24.3 Å². The summed E-state index contributed by atoms with van der Waals surface area (Å²) in [6.07, 6.45) is -1.76. The highest BCUT2D eigenvalue weighted by molar-refractivity contribution is 5.94. The van der Waals surface area contributed by atoms with Crippen LogP contribution in [0, 0.1) is 0 Å². The van der Waals surface area contributed by atoms with Gasteiger partial charge in [-0.3, -0.25) is 9.78 Å². The van der Waals surface area contributed by atoms with Gasteiger partial charge >= 0.3 is 24.3 Å². The summed E-state index contributed by atoms with van der Waals surface area (Å²) in [6, 6.07) is 5.54. The number of ether oxygens (including phenoxy) is 1. The van der Waals surface area contributed by atoms with E-state index in [0.29, 0.717) is 31.2 Å². The molecule has 4 heterocycles. The standard InChI is InChI=1S/C17H19N5O2.2C2HF3O2/c23-15(13-3-1-5-18-10-13)22-8-4-17(12-22)9-14(11-24-17)21-16-19-6-2-7-20-16;2*3-2(4,5)1(6)7/h1-3,5-7,10,14H,4,8-9,11-12H2,(H,19,20,21);2*(H,6,7). The van der Waals surface area contributed by atoms with Gasteiger partial charge in [0.15, 0.2) is 0 Å². The number of alkyl halides is 6. The van der Waals surface area contributed by atoms with Crippen molar-refractivity contribution in [1.29, 1.82) is 0 Å². The normalized spacial score (nSPS) is 20.6. The van der Waals surface area contributed by atoms with E-state index in [1.54, 1.807) is 43.0 Å². The van der Waals surface area contributed by atoms with Crippen molar-refractivity contribution < 1.29 is 55.7 Å². The van der Waals surface area contributed by atoms with Gasteiger partial charge < -0.3 is 25.2 Å². The van der Waals surface area contributed by atoms with Crippen molar-refractivity contribution in [3.63, 3.8) is 0 Å². The van der Waals surface area contributed by atoms with Crippen molar-refractivity contribution in [1.82, 2.24) is 19.9 Å². The number of aromatic nitrogens is 3. The summed E-state index contributed by atoms with van der Waals surface area (Å²) in [5.74, 6) is -4.88. The Labute approximate surface area is 210 Å². The average molecular weight is 553 g/mol. The molecule has 17 heteroatoms. The van der Waals surface area contributed by atoms with E-state index in [1.807, 2.05) is 4.90 Å². The number of nitrogens with one attached hydrogen (secondary N) is 1. The fraction of sp³-hybridized carbons (Fsp3) is 0.429. The van der Waals surface area contributed by atoms with E-state index >= 15 is 0 Å². The van der Waals surface area contributed by atoms with E-state index in [2.05, 4.69) is 20.3 Å². The lowest BCUT2D eigenvalue weighted by atomic mass is 9.97. The number of likely N-dealkylation sites (tertiary alicyclic amines) is 1. The van der Waals surface area contributed by atoms with Crippen molar-refractivity contribution in [2.75, 3.05) is 25.0 Å². The van der Waals surface area contributed by atoms with Gasteiger partial charge in [-0.2, -0.15) is 26.3 Å². The Hall–Kier alpha value is -4.02. The zero-order valence-corrected chi connectivity index (χ0v) is 19.2. The van der Waals surface area contributed by atoms with Gasteiger partial charge in [-0.1, -0.05) is 0 Å². The van der Waals surface area contributed by atoms with Gasteiger partial charge in [-0.05, 0) is 24.6 Å². The number of carbonyl (C=O) groups excluding carboxylic acids is 1. The van der Waals surface area contributed by atoms with E-state index in [1.165, 1.54) is 0 Å². The molecule has 0 aromatic carbocycles. The molecule has 38 heavy (non-hydrogen) atoms. The second-order valence-corrected chi connectivity index (χ2v) is 7.94. The van der Waals surface area contributed by atoms with E-state index in [0.717, 1.165) is 12.8 Å². The van der Waals surface area contributed by atoms with E-state index in [9.17, 15) is 31.1 Å². The van der Waals surface area contributed by atoms with Crippen LogP contribution in [0.25, 0.3) is 0 Å². The molecule has 1 amide bonds. The SMILES string of the molecule is O=C(O)C(F)(F)F.O=C(O)C(F)(F)F.O=C(c1cccnc1)N1CCC2(CC(Nc3ncccn3)CO2)C1. The zero-order valence-electron chi connectivity index (χ0n) is 19.2. The molecule has 2 unspecified atom stereocenters. The van der Waals surface area contributed by atoms with Crippen LogP contribution in [0.5, 0.6) is 0 Å². The summed E-state index contributed by atoms with van der Waals surface area (Å²) in [5.41, 5.74) is 0.365. The highest BCUT2D eigenvalue weighted by Gasteiger charge is 2.47. The first-order valence-corrected chi connectivity index (χ1v) is 10.6. The van der Waals surface area contributed by atoms with Crippen LogP contribution in [0.3, 0.4) is 0 Å². The lowest BCUT2D eigenvalue weighted by Crippen LogP contribution is -2.36. The van der Waals surface area contributed by atoms with Crippen LogP contribution in [0.1, 0.15) is 23.2 Å². The molecule has 0 aliphatic carbocycles.